The fourth-order valence-corrected chi connectivity index (χ4v) is 2.10. The average Bonchev–Trinajstić information content (AvgIpc) is 3.02. The Morgan fingerprint density at radius 1 is 1.10 bits per heavy atom. The number of carbonyl (C=O) groups excluding carboxylic acids is 2. The highest BCUT2D eigenvalue weighted by atomic mass is 16.4. The van der Waals surface area contributed by atoms with Crippen molar-refractivity contribution in [2.24, 2.45) is 0 Å². The summed E-state index contributed by atoms with van der Waals surface area (Å²) in [7, 11) is 0. The van der Waals surface area contributed by atoms with Gasteiger partial charge in [-0.25, -0.2) is 4.79 Å². The van der Waals surface area contributed by atoms with Crippen LogP contribution in [-0.4, -0.2) is 22.6 Å². The van der Waals surface area contributed by atoms with Gasteiger partial charge in [0, 0.05) is 11.1 Å². The van der Waals surface area contributed by atoms with Crippen molar-refractivity contribution in [2.75, 3.05) is 0 Å². The molecule has 0 radical (unpaired) electrons. The molecule has 0 bridgehead atoms. The first kappa shape index (κ1) is 12.1. The summed E-state index contributed by atoms with van der Waals surface area (Å²) >= 11 is 0. The number of benzene rings is 1. The lowest BCUT2D eigenvalue weighted by atomic mass is 10.1. The minimum atomic E-state index is -1.14. The number of carboxylic acid groups (broad SMARTS) is 1. The van der Waals surface area contributed by atoms with E-state index in [-0.39, 0.29) is 22.3 Å². The summed E-state index contributed by atoms with van der Waals surface area (Å²) in [6.45, 7) is 0. The van der Waals surface area contributed by atoms with Crippen LogP contribution in [0.15, 0.2) is 46.6 Å². The Hall–Kier alpha value is -2.95. The summed E-state index contributed by atoms with van der Waals surface area (Å²) in [5, 5.41) is 8.92. The van der Waals surface area contributed by atoms with Crippen LogP contribution >= 0.6 is 0 Å². The first-order valence-corrected chi connectivity index (χ1v) is 5.80. The van der Waals surface area contributed by atoms with E-state index in [1.807, 2.05) is 0 Å². The zero-order valence-corrected chi connectivity index (χ0v) is 10.1. The molecule has 1 heterocycles. The number of furan rings is 1. The minimum absolute atomic E-state index is 0.0162. The number of aromatic carboxylic acids is 1. The molecule has 0 atom stereocenters. The zero-order chi connectivity index (χ0) is 14.3. The second-order valence-corrected chi connectivity index (χ2v) is 4.30. The van der Waals surface area contributed by atoms with Gasteiger partial charge in [-0.05, 0) is 36.4 Å². The van der Waals surface area contributed by atoms with Gasteiger partial charge in [0.25, 0.3) is 0 Å². The van der Waals surface area contributed by atoms with Crippen molar-refractivity contribution in [2.45, 2.75) is 0 Å². The predicted octanol–water partition coefficient (Wildman–Crippen LogP) is 2.44. The van der Waals surface area contributed by atoms with Crippen LogP contribution in [0.25, 0.3) is 6.08 Å². The molecule has 1 aliphatic carbocycles. The lowest BCUT2D eigenvalue weighted by Crippen LogP contribution is -2.00. The van der Waals surface area contributed by atoms with E-state index in [0.29, 0.717) is 5.76 Å². The molecule has 1 aliphatic rings. The van der Waals surface area contributed by atoms with E-state index >= 15 is 0 Å². The summed E-state index contributed by atoms with van der Waals surface area (Å²) in [5.74, 6) is -1.65. The van der Waals surface area contributed by atoms with Crippen molar-refractivity contribution in [1.82, 2.24) is 0 Å². The molecule has 3 rings (SSSR count). The summed E-state index contributed by atoms with van der Waals surface area (Å²) in [4.78, 5) is 35.2. The van der Waals surface area contributed by atoms with E-state index in [0.717, 1.165) is 0 Å². The highest BCUT2D eigenvalue weighted by Crippen LogP contribution is 2.28. The fraction of sp³-hybridized carbons (Fsp3) is 0. The molecule has 0 amide bonds. The van der Waals surface area contributed by atoms with Crippen LogP contribution in [-0.2, 0) is 0 Å². The summed E-state index contributed by atoms with van der Waals surface area (Å²) in [5.41, 5.74) is 0.298. The van der Waals surface area contributed by atoms with E-state index in [9.17, 15) is 14.4 Å². The Kier molecular flexibility index (Phi) is 2.61. The first-order chi connectivity index (χ1) is 9.58. The number of rotatable bonds is 2. The number of hydrogen-bond donors (Lipinski definition) is 1. The maximum absolute atomic E-state index is 12.2. The third kappa shape index (κ3) is 1.76. The van der Waals surface area contributed by atoms with Crippen LogP contribution in [0.1, 0.15) is 36.8 Å². The van der Waals surface area contributed by atoms with Crippen molar-refractivity contribution in [1.29, 1.82) is 0 Å². The smallest absolute Gasteiger partial charge is 0.335 e. The molecule has 1 N–H and O–H groups in total. The molecule has 5 nitrogen and oxygen atoms in total. The highest BCUT2D eigenvalue weighted by Gasteiger charge is 2.33. The van der Waals surface area contributed by atoms with Crippen molar-refractivity contribution in [3.63, 3.8) is 0 Å². The summed E-state index contributed by atoms with van der Waals surface area (Å²) in [6.07, 6.45) is 2.80. The van der Waals surface area contributed by atoms with E-state index in [2.05, 4.69) is 0 Å². The van der Waals surface area contributed by atoms with Crippen molar-refractivity contribution < 1.29 is 23.9 Å². The van der Waals surface area contributed by atoms with Crippen LogP contribution in [0.4, 0.5) is 0 Å². The molecule has 0 fully saturated rings. The second-order valence-electron chi connectivity index (χ2n) is 4.30. The maximum Gasteiger partial charge on any atom is 0.335 e. The quantitative estimate of drug-likeness (QED) is 0.668. The Bertz CT molecular complexity index is 766. The van der Waals surface area contributed by atoms with Crippen LogP contribution in [0.5, 0.6) is 0 Å². The van der Waals surface area contributed by atoms with E-state index in [1.165, 1.54) is 30.5 Å². The van der Waals surface area contributed by atoms with Gasteiger partial charge in [0.05, 0.1) is 17.4 Å². The zero-order valence-electron chi connectivity index (χ0n) is 10.1. The Labute approximate surface area is 113 Å². The molecule has 2 aromatic rings. The lowest BCUT2D eigenvalue weighted by Gasteiger charge is -1.97. The largest absolute Gasteiger partial charge is 0.478 e. The van der Waals surface area contributed by atoms with Gasteiger partial charge in [0.2, 0.25) is 0 Å². The van der Waals surface area contributed by atoms with Crippen LogP contribution in [0, 0.1) is 0 Å². The van der Waals surface area contributed by atoms with E-state index in [4.69, 9.17) is 9.52 Å². The molecule has 0 unspecified atom stereocenters. The molecule has 1 aromatic carbocycles. The van der Waals surface area contributed by atoms with Gasteiger partial charge >= 0.3 is 5.97 Å². The number of carboxylic acids is 1. The number of hydrogen-bond acceptors (Lipinski definition) is 4. The van der Waals surface area contributed by atoms with Crippen LogP contribution in [0.2, 0.25) is 0 Å². The second kappa shape index (κ2) is 4.31. The van der Waals surface area contributed by atoms with Gasteiger partial charge in [-0.1, -0.05) is 0 Å². The van der Waals surface area contributed by atoms with E-state index in [1.54, 1.807) is 12.1 Å². The summed E-state index contributed by atoms with van der Waals surface area (Å²) < 4.78 is 5.08. The van der Waals surface area contributed by atoms with Gasteiger partial charge in [-0.2, -0.15) is 0 Å². The van der Waals surface area contributed by atoms with Crippen LogP contribution in [0.3, 0.4) is 0 Å². The molecule has 98 valence electrons. The number of allylic oxidation sites excluding steroid dienone is 1. The van der Waals surface area contributed by atoms with Gasteiger partial charge < -0.3 is 9.52 Å². The minimum Gasteiger partial charge on any atom is -0.478 e. The normalized spacial score (nSPS) is 15.7. The van der Waals surface area contributed by atoms with Crippen LogP contribution < -0.4 is 0 Å². The average molecular weight is 268 g/mol. The molecule has 5 heteroatoms. The molecular weight excluding hydrogens is 260 g/mol. The van der Waals surface area contributed by atoms with Gasteiger partial charge in [-0.15, -0.1) is 0 Å². The highest BCUT2D eigenvalue weighted by molar-refractivity contribution is 6.41. The Morgan fingerprint density at radius 2 is 1.85 bits per heavy atom. The summed E-state index contributed by atoms with van der Waals surface area (Å²) in [6, 6.07) is 7.16. The number of fused-ring (bicyclic) bond motifs is 1. The fourth-order valence-electron chi connectivity index (χ4n) is 2.10. The molecule has 0 spiro atoms. The molecular formula is C15H8O5. The number of carbonyl (C=O) groups is 3. The van der Waals surface area contributed by atoms with E-state index < -0.39 is 17.5 Å². The third-order valence-electron chi connectivity index (χ3n) is 3.07. The van der Waals surface area contributed by atoms with Crippen molar-refractivity contribution >= 4 is 23.6 Å². The molecule has 0 saturated heterocycles. The Morgan fingerprint density at radius 3 is 2.50 bits per heavy atom. The predicted molar refractivity (Wildman–Crippen MR) is 68.7 cm³/mol. The lowest BCUT2D eigenvalue weighted by molar-refractivity contribution is 0.0696. The number of ketones is 2. The van der Waals surface area contributed by atoms with Crippen molar-refractivity contribution in [3.05, 3.63) is 64.6 Å². The topological polar surface area (TPSA) is 84.6 Å². The van der Waals surface area contributed by atoms with Crippen molar-refractivity contribution in [3.8, 4) is 0 Å². The molecule has 1 aromatic heterocycles. The third-order valence-corrected chi connectivity index (χ3v) is 3.07. The monoisotopic (exact) mass is 268 g/mol. The SMILES string of the molecule is O=C(O)c1ccc2c(c1)C(=O)/C(=C\c1ccco1)C2=O. The maximum atomic E-state index is 12.2. The number of Topliss-reactive ketones (excluding diaryl/α,β-unsaturated/α-hetero) is 2. The van der Waals surface area contributed by atoms with Gasteiger partial charge in [0.15, 0.2) is 11.6 Å². The molecule has 0 aliphatic heterocycles. The Balaban J connectivity index is 2.10. The standard InChI is InChI=1S/C15H8O5/c16-13-10-4-3-8(15(18)19)6-11(10)14(17)12(13)7-9-2-1-5-20-9/h1-7H,(H,18,19)/b12-7-. The van der Waals surface area contributed by atoms with Gasteiger partial charge in [-0.3, -0.25) is 9.59 Å². The first-order valence-electron chi connectivity index (χ1n) is 5.80. The van der Waals surface area contributed by atoms with Gasteiger partial charge in [0.1, 0.15) is 5.76 Å². The molecule has 20 heavy (non-hydrogen) atoms. The molecule has 0 saturated carbocycles.